The molecule has 0 saturated heterocycles. The summed E-state index contributed by atoms with van der Waals surface area (Å²) in [5, 5.41) is 6.10. The van der Waals surface area contributed by atoms with Crippen molar-refractivity contribution in [1.82, 2.24) is 14.8 Å². The van der Waals surface area contributed by atoms with Gasteiger partial charge in [-0.05, 0) is 24.4 Å². The highest BCUT2D eigenvalue weighted by atomic mass is 16.1. The van der Waals surface area contributed by atoms with Gasteiger partial charge in [0.2, 0.25) is 5.78 Å². The van der Waals surface area contributed by atoms with Crippen LogP contribution in [0.2, 0.25) is 0 Å². The fraction of sp³-hybridized carbons (Fsp3) is 0.133. The summed E-state index contributed by atoms with van der Waals surface area (Å²) in [6.07, 6.45) is 3.45. The number of rotatable bonds is 2. The number of pyridine rings is 1. The van der Waals surface area contributed by atoms with E-state index >= 15 is 0 Å². The summed E-state index contributed by atoms with van der Waals surface area (Å²) >= 11 is 0. The zero-order valence-electron chi connectivity index (χ0n) is 10.8. The van der Waals surface area contributed by atoms with Crippen LogP contribution in [0, 0.1) is 6.92 Å². The first-order valence-electron chi connectivity index (χ1n) is 6.05. The number of fused-ring (bicyclic) bond motifs is 1. The van der Waals surface area contributed by atoms with Gasteiger partial charge in [0.1, 0.15) is 5.69 Å². The first kappa shape index (κ1) is 11.6. The van der Waals surface area contributed by atoms with Crippen molar-refractivity contribution in [2.75, 3.05) is 0 Å². The van der Waals surface area contributed by atoms with Gasteiger partial charge in [0.05, 0.1) is 5.69 Å². The summed E-state index contributed by atoms with van der Waals surface area (Å²) in [4.78, 5) is 16.7. The first-order chi connectivity index (χ1) is 9.16. The van der Waals surface area contributed by atoms with Crippen molar-refractivity contribution in [3.63, 3.8) is 0 Å². The number of carbonyl (C=O) groups is 1. The molecule has 2 heterocycles. The third kappa shape index (κ3) is 1.91. The lowest BCUT2D eigenvalue weighted by Crippen LogP contribution is -2.08. The molecule has 0 atom stereocenters. The molecule has 4 heteroatoms. The quantitative estimate of drug-likeness (QED) is 0.657. The smallest absolute Gasteiger partial charge is 0.211 e. The SMILES string of the molecule is Cc1cc(C(=O)c2cccc3ccncc23)n(C)n1. The molecular formula is C15H13N3O. The fourth-order valence-corrected chi connectivity index (χ4v) is 2.27. The Labute approximate surface area is 110 Å². The molecule has 0 saturated carbocycles. The fourth-order valence-electron chi connectivity index (χ4n) is 2.27. The van der Waals surface area contributed by atoms with Crippen LogP contribution >= 0.6 is 0 Å². The number of hydrogen-bond acceptors (Lipinski definition) is 3. The molecule has 94 valence electrons. The number of hydrogen-bond donors (Lipinski definition) is 0. The van der Waals surface area contributed by atoms with Gasteiger partial charge in [-0.15, -0.1) is 0 Å². The minimum absolute atomic E-state index is 0.0262. The average molecular weight is 251 g/mol. The maximum Gasteiger partial charge on any atom is 0.211 e. The topological polar surface area (TPSA) is 47.8 Å². The molecule has 0 fully saturated rings. The Bertz CT molecular complexity index is 769. The van der Waals surface area contributed by atoms with Gasteiger partial charge in [-0.1, -0.05) is 18.2 Å². The van der Waals surface area contributed by atoms with Crippen LogP contribution in [-0.4, -0.2) is 20.5 Å². The second kappa shape index (κ2) is 4.31. The highest BCUT2D eigenvalue weighted by Gasteiger charge is 2.16. The molecule has 0 aliphatic carbocycles. The van der Waals surface area contributed by atoms with Gasteiger partial charge < -0.3 is 0 Å². The summed E-state index contributed by atoms with van der Waals surface area (Å²) in [6.45, 7) is 1.88. The lowest BCUT2D eigenvalue weighted by molar-refractivity contribution is 0.103. The molecule has 0 radical (unpaired) electrons. The Kier molecular flexibility index (Phi) is 2.63. The third-order valence-electron chi connectivity index (χ3n) is 3.16. The van der Waals surface area contributed by atoms with Crippen LogP contribution in [0.15, 0.2) is 42.7 Å². The molecule has 3 aromatic rings. The van der Waals surface area contributed by atoms with Gasteiger partial charge in [0.25, 0.3) is 0 Å². The van der Waals surface area contributed by atoms with Crippen molar-refractivity contribution in [2.45, 2.75) is 6.92 Å². The third-order valence-corrected chi connectivity index (χ3v) is 3.16. The Morgan fingerprint density at radius 1 is 1.26 bits per heavy atom. The van der Waals surface area contributed by atoms with E-state index in [-0.39, 0.29) is 5.78 Å². The van der Waals surface area contributed by atoms with Gasteiger partial charge in [0.15, 0.2) is 0 Å². The van der Waals surface area contributed by atoms with Crippen molar-refractivity contribution in [1.29, 1.82) is 0 Å². The van der Waals surface area contributed by atoms with Crippen LogP contribution in [0.4, 0.5) is 0 Å². The van der Waals surface area contributed by atoms with E-state index in [9.17, 15) is 4.79 Å². The molecule has 0 unspecified atom stereocenters. The maximum atomic E-state index is 12.6. The van der Waals surface area contributed by atoms with E-state index in [1.807, 2.05) is 31.2 Å². The minimum atomic E-state index is -0.0262. The standard InChI is InChI=1S/C15H13N3O/c1-10-8-14(18(2)17-10)15(19)12-5-3-4-11-6-7-16-9-13(11)12/h3-9H,1-2H3. The van der Waals surface area contributed by atoms with Crippen molar-refractivity contribution >= 4 is 16.6 Å². The predicted molar refractivity (Wildman–Crippen MR) is 73.1 cm³/mol. The van der Waals surface area contributed by atoms with Crippen LogP contribution in [0.25, 0.3) is 10.8 Å². The molecule has 4 nitrogen and oxygen atoms in total. The number of aryl methyl sites for hydroxylation is 2. The van der Waals surface area contributed by atoms with Gasteiger partial charge in [-0.25, -0.2) is 0 Å². The lowest BCUT2D eigenvalue weighted by Gasteiger charge is -2.05. The number of ketones is 1. The van der Waals surface area contributed by atoms with Crippen molar-refractivity contribution in [2.24, 2.45) is 7.05 Å². The van der Waals surface area contributed by atoms with Crippen LogP contribution in [0.5, 0.6) is 0 Å². The number of nitrogens with zero attached hydrogens (tertiary/aromatic N) is 3. The summed E-state index contributed by atoms with van der Waals surface area (Å²) in [5.41, 5.74) is 2.09. The van der Waals surface area contributed by atoms with Crippen LogP contribution in [0.3, 0.4) is 0 Å². The van der Waals surface area contributed by atoms with E-state index in [2.05, 4.69) is 10.1 Å². The van der Waals surface area contributed by atoms with Crippen LogP contribution in [0.1, 0.15) is 21.7 Å². The molecule has 0 bridgehead atoms. The highest BCUT2D eigenvalue weighted by molar-refractivity contribution is 6.15. The summed E-state index contributed by atoms with van der Waals surface area (Å²) < 4.78 is 1.62. The molecular weight excluding hydrogens is 238 g/mol. The predicted octanol–water partition coefficient (Wildman–Crippen LogP) is 2.51. The van der Waals surface area contributed by atoms with Gasteiger partial charge in [-0.2, -0.15) is 5.10 Å². The molecule has 0 aliphatic rings. The number of carbonyl (C=O) groups excluding carboxylic acids is 1. The average Bonchev–Trinajstić information content (AvgIpc) is 2.76. The maximum absolute atomic E-state index is 12.6. The summed E-state index contributed by atoms with van der Waals surface area (Å²) in [5.74, 6) is -0.0262. The first-order valence-corrected chi connectivity index (χ1v) is 6.05. The second-order valence-electron chi connectivity index (χ2n) is 4.53. The van der Waals surface area contributed by atoms with Gasteiger partial charge in [0, 0.05) is 30.4 Å². The highest BCUT2D eigenvalue weighted by Crippen LogP contribution is 2.20. The molecule has 1 aromatic carbocycles. The van der Waals surface area contributed by atoms with Crippen LogP contribution < -0.4 is 0 Å². The monoisotopic (exact) mass is 251 g/mol. The van der Waals surface area contributed by atoms with Crippen molar-refractivity contribution < 1.29 is 4.79 Å². The van der Waals surface area contributed by atoms with Crippen LogP contribution in [-0.2, 0) is 7.05 Å². The van der Waals surface area contributed by atoms with Gasteiger partial charge >= 0.3 is 0 Å². The van der Waals surface area contributed by atoms with E-state index in [1.165, 1.54) is 0 Å². The largest absolute Gasteiger partial charge is 0.287 e. The van der Waals surface area contributed by atoms with E-state index < -0.39 is 0 Å². The Balaban J connectivity index is 2.19. The van der Waals surface area contributed by atoms with Gasteiger partial charge in [-0.3, -0.25) is 14.5 Å². The Morgan fingerprint density at radius 2 is 2.11 bits per heavy atom. The number of aromatic nitrogens is 3. The summed E-state index contributed by atoms with van der Waals surface area (Å²) in [6, 6.07) is 9.40. The van der Waals surface area contributed by atoms with Crippen molar-refractivity contribution in [3.8, 4) is 0 Å². The second-order valence-corrected chi connectivity index (χ2v) is 4.53. The normalized spacial score (nSPS) is 10.8. The number of benzene rings is 1. The molecule has 3 rings (SSSR count). The molecule has 0 spiro atoms. The van der Waals surface area contributed by atoms with E-state index in [4.69, 9.17) is 0 Å². The molecule has 0 N–H and O–H groups in total. The zero-order chi connectivity index (χ0) is 13.4. The van der Waals surface area contributed by atoms with Crippen molar-refractivity contribution in [3.05, 3.63) is 59.7 Å². The Hall–Kier alpha value is -2.49. The summed E-state index contributed by atoms with van der Waals surface area (Å²) in [7, 11) is 1.78. The lowest BCUT2D eigenvalue weighted by atomic mass is 10.0. The Morgan fingerprint density at radius 3 is 2.84 bits per heavy atom. The van der Waals surface area contributed by atoms with E-state index in [0.717, 1.165) is 16.5 Å². The molecule has 0 aliphatic heterocycles. The minimum Gasteiger partial charge on any atom is -0.287 e. The molecule has 0 amide bonds. The zero-order valence-corrected chi connectivity index (χ0v) is 10.8. The molecule has 19 heavy (non-hydrogen) atoms. The van der Waals surface area contributed by atoms with E-state index in [0.29, 0.717) is 11.3 Å². The van der Waals surface area contributed by atoms with E-state index in [1.54, 1.807) is 30.2 Å². The molecule has 2 aromatic heterocycles.